The third-order valence-electron chi connectivity index (χ3n) is 6.30. The summed E-state index contributed by atoms with van der Waals surface area (Å²) in [5.41, 5.74) is 1.43. The summed E-state index contributed by atoms with van der Waals surface area (Å²) in [6.45, 7) is 5.26. The number of halogens is 2. The Morgan fingerprint density at radius 1 is 0.825 bits per heavy atom. The van der Waals surface area contributed by atoms with Crippen molar-refractivity contribution >= 4 is 17.7 Å². The maximum atomic E-state index is 13.9. The minimum atomic E-state index is -1.73. The second-order valence-corrected chi connectivity index (χ2v) is 9.58. The summed E-state index contributed by atoms with van der Waals surface area (Å²) >= 11 is 0. The highest BCUT2D eigenvalue weighted by molar-refractivity contribution is 6.00. The van der Waals surface area contributed by atoms with Gasteiger partial charge in [0.15, 0.2) is 6.10 Å². The number of hydrogen-bond donors (Lipinski definition) is 3. The van der Waals surface area contributed by atoms with Crippen molar-refractivity contribution in [2.45, 2.75) is 51.8 Å². The van der Waals surface area contributed by atoms with Crippen LogP contribution in [0, 0.1) is 11.6 Å². The van der Waals surface area contributed by atoms with E-state index in [2.05, 4.69) is 10.6 Å². The molecule has 2 atom stereocenters. The van der Waals surface area contributed by atoms with Gasteiger partial charge in [-0.2, -0.15) is 0 Å². The molecule has 7 nitrogen and oxygen atoms in total. The Kier molecular flexibility index (Phi) is 11.3. The molecule has 0 aromatic heterocycles. The van der Waals surface area contributed by atoms with Crippen molar-refractivity contribution in [2.75, 3.05) is 13.1 Å². The van der Waals surface area contributed by atoms with E-state index in [1.54, 1.807) is 29.2 Å². The minimum absolute atomic E-state index is 0.141. The average Bonchev–Trinajstić information content (AvgIpc) is 2.94. The van der Waals surface area contributed by atoms with E-state index in [1.165, 1.54) is 12.1 Å². The molecule has 212 valence electrons. The summed E-state index contributed by atoms with van der Waals surface area (Å²) in [5, 5.41) is 16.2. The lowest BCUT2D eigenvalue weighted by Crippen LogP contribution is -2.51. The van der Waals surface area contributed by atoms with Crippen LogP contribution in [0.2, 0.25) is 0 Å². The Hall–Kier alpha value is -4.11. The van der Waals surface area contributed by atoms with E-state index in [9.17, 15) is 28.3 Å². The smallest absolute Gasteiger partial charge is 0.253 e. The fourth-order valence-corrected chi connectivity index (χ4v) is 4.38. The van der Waals surface area contributed by atoms with Crippen molar-refractivity contribution in [3.05, 3.63) is 107 Å². The van der Waals surface area contributed by atoms with E-state index >= 15 is 0 Å². The molecule has 0 spiro atoms. The van der Waals surface area contributed by atoms with Crippen molar-refractivity contribution < 1.29 is 28.3 Å². The van der Waals surface area contributed by atoms with E-state index in [1.807, 2.05) is 32.0 Å². The van der Waals surface area contributed by atoms with Crippen LogP contribution in [0.15, 0.2) is 72.8 Å². The third-order valence-corrected chi connectivity index (χ3v) is 6.30. The van der Waals surface area contributed by atoms with Gasteiger partial charge >= 0.3 is 0 Å². The lowest BCUT2D eigenvalue weighted by atomic mass is 9.99. The summed E-state index contributed by atoms with van der Waals surface area (Å²) < 4.78 is 27.7. The number of hydrogen-bond acceptors (Lipinski definition) is 4. The van der Waals surface area contributed by atoms with Crippen molar-refractivity contribution in [3.8, 4) is 0 Å². The first-order valence-electron chi connectivity index (χ1n) is 13.4. The van der Waals surface area contributed by atoms with Crippen molar-refractivity contribution in [2.24, 2.45) is 0 Å². The number of aliphatic hydroxyl groups excluding tert-OH is 1. The van der Waals surface area contributed by atoms with E-state index in [4.69, 9.17) is 0 Å². The molecule has 9 heteroatoms. The summed E-state index contributed by atoms with van der Waals surface area (Å²) in [6, 6.07) is 16.9. The highest BCUT2D eigenvalue weighted by Gasteiger charge is 2.29. The van der Waals surface area contributed by atoms with Gasteiger partial charge in [0.1, 0.15) is 11.6 Å². The van der Waals surface area contributed by atoms with Gasteiger partial charge in [0.2, 0.25) is 0 Å². The molecule has 0 saturated carbocycles. The largest absolute Gasteiger partial charge is 0.381 e. The molecule has 3 aromatic carbocycles. The Labute approximate surface area is 233 Å². The maximum Gasteiger partial charge on any atom is 0.253 e. The fraction of sp³-hybridized carbons (Fsp3) is 0.323. The van der Waals surface area contributed by atoms with Gasteiger partial charge in [0.05, 0.1) is 6.04 Å². The van der Waals surface area contributed by atoms with Crippen LogP contribution in [0.1, 0.15) is 58.5 Å². The summed E-state index contributed by atoms with van der Waals surface area (Å²) in [7, 11) is 0. The minimum Gasteiger partial charge on any atom is -0.381 e. The van der Waals surface area contributed by atoms with E-state index in [-0.39, 0.29) is 30.0 Å². The van der Waals surface area contributed by atoms with Gasteiger partial charge in [-0.15, -0.1) is 0 Å². The van der Waals surface area contributed by atoms with Crippen LogP contribution in [-0.2, 0) is 17.8 Å². The molecule has 0 bridgehead atoms. The zero-order chi connectivity index (χ0) is 29.1. The van der Waals surface area contributed by atoms with Gasteiger partial charge in [-0.25, -0.2) is 8.78 Å². The molecule has 0 radical (unpaired) electrons. The molecule has 40 heavy (non-hydrogen) atoms. The highest BCUT2D eigenvalue weighted by Crippen LogP contribution is 2.15. The van der Waals surface area contributed by atoms with Crippen LogP contribution >= 0.6 is 0 Å². The number of carbonyl (C=O) groups is 3. The molecule has 0 aliphatic heterocycles. The van der Waals surface area contributed by atoms with E-state index in [0.717, 1.165) is 30.5 Å². The molecule has 3 N–H and O–H groups in total. The summed E-state index contributed by atoms with van der Waals surface area (Å²) in [5.74, 6) is -3.25. The lowest BCUT2D eigenvalue weighted by Gasteiger charge is -2.24. The van der Waals surface area contributed by atoms with Crippen LogP contribution < -0.4 is 10.6 Å². The first-order chi connectivity index (χ1) is 19.2. The van der Waals surface area contributed by atoms with Crippen LogP contribution in [0.3, 0.4) is 0 Å². The normalized spacial score (nSPS) is 12.3. The van der Waals surface area contributed by atoms with Crippen molar-refractivity contribution in [1.29, 1.82) is 0 Å². The quantitative estimate of drug-likeness (QED) is 0.296. The maximum absolute atomic E-state index is 13.9. The molecule has 0 aliphatic rings. The Morgan fingerprint density at radius 3 is 2.08 bits per heavy atom. The first kappa shape index (κ1) is 30.4. The van der Waals surface area contributed by atoms with Crippen molar-refractivity contribution in [3.63, 3.8) is 0 Å². The number of benzene rings is 3. The second-order valence-electron chi connectivity index (χ2n) is 9.58. The zero-order valence-corrected chi connectivity index (χ0v) is 22.7. The molecule has 3 aromatic rings. The Morgan fingerprint density at radius 2 is 1.45 bits per heavy atom. The SMILES string of the molecule is CCCN(CCC)C(=O)c1cccc(C(=O)N[C@@H](Cc2cc(F)cc(F)c2)C(O)C(=O)NCc2ccccc2)c1. The summed E-state index contributed by atoms with van der Waals surface area (Å²) in [6.07, 6.45) is -0.370. The van der Waals surface area contributed by atoms with Crippen LogP contribution in [0.25, 0.3) is 0 Å². The van der Waals surface area contributed by atoms with Gasteiger partial charge in [-0.3, -0.25) is 14.4 Å². The number of nitrogens with one attached hydrogen (secondary N) is 2. The fourth-order valence-electron chi connectivity index (χ4n) is 4.38. The molecular formula is C31H35F2N3O4. The van der Waals surface area contributed by atoms with Crippen molar-refractivity contribution in [1.82, 2.24) is 15.5 Å². The predicted molar refractivity (Wildman–Crippen MR) is 149 cm³/mol. The monoisotopic (exact) mass is 551 g/mol. The number of aliphatic hydroxyl groups is 1. The van der Waals surface area contributed by atoms with Crippen LogP contribution in [0.5, 0.6) is 0 Å². The Bertz CT molecular complexity index is 1280. The lowest BCUT2D eigenvalue weighted by molar-refractivity contribution is -0.130. The molecule has 0 fully saturated rings. The topological polar surface area (TPSA) is 98.7 Å². The van der Waals surface area contributed by atoms with Gasteiger partial charge < -0.3 is 20.6 Å². The first-order valence-corrected chi connectivity index (χ1v) is 13.4. The molecule has 3 rings (SSSR count). The number of amides is 3. The molecule has 0 saturated heterocycles. The van der Waals surface area contributed by atoms with E-state index < -0.39 is 35.6 Å². The average molecular weight is 552 g/mol. The van der Waals surface area contributed by atoms with Crippen LogP contribution in [-0.4, -0.2) is 53.0 Å². The number of carbonyl (C=O) groups excluding carboxylic acids is 3. The molecule has 3 amide bonds. The van der Waals surface area contributed by atoms with Gasteiger partial charge in [-0.1, -0.05) is 50.2 Å². The molecule has 1 unspecified atom stereocenters. The van der Waals surface area contributed by atoms with Crippen LogP contribution in [0.4, 0.5) is 8.78 Å². The van der Waals surface area contributed by atoms with Gasteiger partial charge in [0, 0.05) is 36.8 Å². The Balaban J connectivity index is 1.81. The predicted octanol–water partition coefficient (Wildman–Crippen LogP) is 4.25. The van der Waals surface area contributed by atoms with Gasteiger partial charge in [-0.05, 0) is 60.7 Å². The third kappa shape index (κ3) is 8.71. The van der Waals surface area contributed by atoms with Gasteiger partial charge in [0.25, 0.3) is 17.7 Å². The number of rotatable bonds is 13. The zero-order valence-electron chi connectivity index (χ0n) is 22.7. The summed E-state index contributed by atoms with van der Waals surface area (Å²) in [4.78, 5) is 40.9. The second kappa shape index (κ2) is 14.9. The molecular weight excluding hydrogens is 516 g/mol. The number of nitrogens with zero attached hydrogens (tertiary/aromatic N) is 1. The molecule has 0 heterocycles. The highest BCUT2D eigenvalue weighted by atomic mass is 19.1. The standard InChI is InChI=1S/C31H35F2N3O4/c1-3-13-36(14-4-2)31(40)24-12-8-11-23(18-24)29(38)35-27(17-22-15-25(32)19-26(33)16-22)28(37)30(39)34-20-21-9-6-5-7-10-21/h5-12,15-16,18-19,27-28,37H,3-4,13-14,17,20H2,1-2H3,(H,34,39)(H,35,38)/t27-,28?/m0/s1. The van der Waals surface area contributed by atoms with E-state index in [0.29, 0.717) is 24.7 Å². The molecule has 0 aliphatic carbocycles.